The van der Waals surface area contributed by atoms with Crippen LogP contribution >= 0.6 is 34.7 Å². The number of amides is 1. The summed E-state index contributed by atoms with van der Waals surface area (Å²) in [5.41, 5.74) is 0.672. The number of nitrogens with zero attached hydrogens (tertiary/aromatic N) is 2. The number of hydrogen-bond acceptors (Lipinski definition) is 9. The van der Waals surface area contributed by atoms with Gasteiger partial charge in [0.1, 0.15) is 0 Å². The number of anilines is 1. The average Bonchev–Trinajstić information content (AvgIpc) is 3.13. The molecule has 30 heavy (non-hydrogen) atoms. The summed E-state index contributed by atoms with van der Waals surface area (Å²) in [6.07, 6.45) is 2.89. The number of esters is 1. The minimum absolute atomic E-state index is 0.0594. The van der Waals surface area contributed by atoms with E-state index in [4.69, 9.17) is 25.8 Å². The minimum atomic E-state index is -0.384. The summed E-state index contributed by atoms with van der Waals surface area (Å²) in [6, 6.07) is 3.41. The van der Waals surface area contributed by atoms with Crippen LogP contribution in [0.3, 0.4) is 0 Å². The summed E-state index contributed by atoms with van der Waals surface area (Å²) >= 11 is 8.65. The number of ether oxygens (including phenoxy) is 3. The molecule has 0 saturated carbocycles. The standard InChI is InChI=1S/C19H22ClN3O5S2/c1-5-27-16(25)10-29-19-23-22-18(30-19)21-15(24)7-6-12-8-13(20)17(28-11(2)3)14(9-12)26-4/h6-9,11H,5,10H2,1-4H3,(H,21,22,24)/b7-6+. The van der Waals surface area contributed by atoms with Crippen molar-refractivity contribution in [3.8, 4) is 11.5 Å². The van der Waals surface area contributed by atoms with Gasteiger partial charge in [0, 0.05) is 6.08 Å². The molecule has 1 N–H and O–H groups in total. The zero-order chi connectivity index (χ0) is 22.1. The molecule has 0 aliphatic heterocycles. The topological polar surface area (TPSA) is 99.6 Å². The third-order valence-electron chi connectivity index (χ3n) is 3.29. The highest BCUT2D eigenvalue weighted by atomic mass is 35.5. The lowest BCUT2D eigenvalue weighted by molar-refractivity contribution is -0.139. The summed E-state index contributed by atoms with van der Waals surface area (Å²) < 4.78 is 16.4. The van der Waals surface area contributed by atoms with Crippen LogP contribution in [-0.2, 0) is 14.3 Å². The van der Waals surface area contributed by atoms with Gasteiger partial charge in [-0.2, -0.15) is 0 Å². The molecule has 0 bridgehead atoms. The van der Waals surface area contributed by atoms with E-state index in [2.05, 4.69) is 15.5 Å². The van der Waals surface area contributed by atoms with Crippen molar-refractivity contribution >= 4 is 57.8 Å². The molecule has 162 valence electrons. The highest BCUT2D eigenvalue weighted by molar-refractivity contribution is 8.01. The Bertz CT molecular complexity index is 918. The fourth-order valence-corrected chi connectivity index (χ4v) is 3.96. The van der Waals surface area contributed by atoms with Crippen LogP contribution in [0, 0.1) is 0 Å². The first-order valence-corrected chi connectivity index (χ1v) is 11.2. The zero-order valence-corrected chi connectivity index (χ0v) is 19.3. The van der Waals surface area contributed by atoms with E-state index < -0.39 is 0 Å². The van der Waals surface area contributed by atoms with E-state index >= 15 is 0 Å². The molecular formula is C19H22ClN3O5S2. The van der Waals surface area contributed by atoms with E-state index in [1.54, 1.807) is 25.1 Å². The van der Waals surface area contributed by atoms with Crippen molar-refractivity contribution in [2.75, 3.05) is 24.8 Å². The second-order valence-electron chi connectivity index (χ2n) is 5.99. The number of methoxy groups -OCH3 is 1. The van der Waals surface area contributed by atoms with Crippen molar-refractivity contribution in [3.63, 3.8) is 0 Å². The number of thioether (sulfide) groups is 1. The van der Waals surface area contributed by atoms with Crippen molar-refractivity contribution in [2.24, 2.45) is 0 Å². The molecule has 2 aromatic rings. The maximum atomic E-state index is 12.2. The number of aromatic nitrogens is 2. The molecule has 11 heteroatoms. The molecule has 2 rings (SSSR count). The Kier molecular flexibility index (Phi) is 9.41. The zero-order valence-electron chi connectivity index (χ0n) is 16.9. The molecule has 1 aromatic carbocycles. The molecule has 0 saturated heterocycles. The average molecular weight is 472 g/mol. The van der Waals surface area contributed by atoms with Crippen LogP contribution < -0.4 is 14.8 Å². The Labute approximate surface area is 188 Å². The summed E-state index contributed by atoms with van der Waals surface area (Å²) in [5.74, 6) is 0.354. The van der Waals surface area contributed by atoms with E-state index in [-0.39, 0.29) is 23.7 Å². The monoisotopic (exact) mass is 471 g/mol. The van der Waals surface area contributed by atoms with Gasteiger partial charge in [0.25, 0.3) is 0 Å². The van der Waals surface area contributed by atoms with Crippen LogP contribution in [0.2, 0.25) is 5.02 Å². The van der Waals surface area contributed by atoms with Crippen molar-refractivity contribution in [1.82, 2.24) is 10.2 Å². The summed E-state index contributed by atoms with van der Waals surface area (Å²) in [7, 11) is 1.52. The van der Waals surface area contributed by atoms with Gasteiger partial charge in [-0.1, -0.05) is 34.7 Å². The molecule has 0 aliphatic carbocycles. The Balaban J connectivity index is 1.98. The van der Waals surface area contributed by atoms with Crippen LogP contribution in [0.25, 0.3) is 6.08 Å². The third kappa shape index (κ3) is 7.51. The molecule has 0 aliphatic rings. The Hall–Kier alpha value is -2.30. The number of benzene rings is 1. The summed E-state index contributed by atoms with van der Waals surface area (Å²) in [4.78, 5) is 23.5. The molecule has 1 heterocycles. The second kappa shape index (κ2) is 11.8. The van der Waals surface area contributed by atoms with Crippen LogP contribution in [0.5, 0.6) is 11.5 Å². The van der Waals surface area contributed by atoms with Crippen LogP contribution in [0.4, 0.5) is 5.13 Å². The van der Waals surface area contributed by atoms with Gasteiger partial charge in [-0.25, -0.2) is 0 Å². The molecule has 0 radical (unpaired) electrons. The lowest BCUT2D eigenvalue weighted by Gasteiger charge is -2.15. The number of carbonyl (C=O) groups excluding carboxylic acids is 2. The van der Waals surface area contributed by atoms with Crippen molar-refractivity contribution in [3.05, 3.63) is 28.8 Å². The molecule has 0 fully saturated rings. The molecule has 0 unspecified atom stereocenters. The minimum Gasteiger partial charge on any atom is -0.493 e. The fraction of sp³-hybridized carbons (Fsp3) is 0.368. The first-order chi connectivity index (χ1) is 14.3. The Morgan fingerprint density at radius 3 is 2.77 bits per heavy atom. The Morgan fingerprint density at radius 2 is 2.10 bits per heavy atom. The largest absolute Gasteiger partial charge is 0.493 e. The van der Waals surface area contributed by atoms with Gasteiger partial charge in [0.05, 0.1) is 30.6 Å². The Morgan fingerprint density at radius 1 is 1.33 bits per heavy atom. The molecule has 1 amide bonds. The summed E-state index contributed by atoms with van der Waals surface area (Å²) in [6.45, 7) is 5.85. The molecular weight excluding hydrogens is 450 g/mol. The second-order valence-corrected chi connectivity index (χ2v) is 8.60. The van der Waals surface area contributed by atoms with E-state index in [1.165, 1.54) is 36.3 Å². The van der Waals surface area contributed by atoms with Gasteiger partial charge in [0.2, 0.25) is 11.0 Å². The van der Waals surface area contributed by atoms with Gasteiger partial charge < -0.3 is 14.2 Å². The SMILES string of the molecule is CCOC(=O)CSc1nnc(NC(=O)/C=C/c2cc(Cl)c(OC(C)C)c(OC)c2)s1. The van der Waals surface area contributed by atoms with Gasteiger partial charge in [-0.3, -0.25) is 14.9 Å². The van der Waals surface area contributed by atoms with Gasteiger partial charge >= 0.3 is 5.97 Å². The molecule has 8 nitrogen and oxygen atoms in total. The summed E-state index contributed by atoms with van der Waals surface area (Å²) in [5, 5.41) is 11.1. The van der Waals surface area contributed by atoms with Crippen LogP contribution in [0.1, 0.15) is 26.3 Å². The predicted molar refractivity (Wildman–Crippen MR) is 119 cm³/mol. The normalized spacial score (nSPS) is 11.0. The van der Waals surface area contributed by atoms with Crippen molar-refractivity contribution < 1.29 is 23.8 Å². The number of hydrogen-bond donors (Lipinski definition) is 1. The van der Waals surface area contributed by atoms with E-state index in [0.717, 1.165) is 0 Å². The van der Waals surface area contributed by atoms with Gasteiger partial charge in [-0.05, 0) is 44.5 Å². The number of nitrogens with one attached hydrogen (secondary N) is 1. The van der Waals surface area contributed by atoms with E-state index in [1.807, 2.05) is 13.8 Å². The van der Waals surface area contributed by atoms with E-state index in [0.29, 0.717) is 38.2 Å². The highest BCUT2D eigenvalue weighted by Crippen LogP contribution is 2.37. The smallest absolute Gasteiger partial charge is 0.316 e. The lowest BCUT2D eigenvalue weighted by atomic mass is 10.2. The van der Waals surface area contributed by atoms with Crippen LogP contribution in [-0.4, -0.2) is 47.6 Å². The quantitative estimate of drug-likeness (QED) is 0.237. The van der Waals surface area contributed by atoms with Crippen molar-refractivity contribution in [2.45, 2.75) is 31.2 Å². The predicted octanol–water partition coefficient (Wildman–Crippen LogP) is 4.29. The lowest BCUT2D eigenvalue weighted by Crippen LogP contribution is -2.08. The van der Waals surface area contributed by atoms with Gasteiger partial charge in [0.15, 0.2) is 15.8 Å². The molecule has 0 spiro atoms. The first kappa shape index (κ1) is 24.0. The van der Waals surface area contributed by atoms with Crippen LogP contribution in [0.15, 0.2) is 22.5 Å². The highest BCUT2D eigenvalue weighted by Gasteiger charge is 2.13. The third-order valence-corrected chi connectivity index (χ3v) is 5.51. The maximum absolute atomic E-state index is 12.2. The van der Waals surface area contributed by atoms with Crippen molar-refractivity contribution in [1.29, 1.82) is 0 Å². The first-order valence-electron chi connectivity index (χ1n) is 8.97. The number of halogens is 1. The van der Waals surface area contributed by atoms with E-state index in [9.17, 15) is 9.59 Å². The fourth-order valence-electron chi connectivity index (χ4n) is 2.15. The molecule has 0 atom stereocenters. The maximum Gasteiger partial charge on any atom is 0.316 e. The number of rotatable bonds is 10. The molecule has 1 aromatic heterocycles. The number of carbonyl (C=O) groups is 2. The van der Waals surface area contributed by atoms with Gasteiger partial charge in [-0.15, -0.1) is 10.2 Å².